The first kappa shape index (κ1) is 21.2. The van der Waals surface area contributed by atoms with Gasteiger partial charge < -0.3 is 14.7 Å². The largest absolute Gasteiger partial charge is 0.481 e. The second-order valence-electron chi connectivity index (χ2n) is 7.98. The van der Waals surface area contributed by atoms with Crippen LogP contribution in [-0.4, -0.2) is 34.1 Å². The molecule has 1 N–H and O–H groups in total. The van der Waals surface area contributed by atoms with Crippen molar-refractivity contribution in [3.63, 3.8) is 0 Å². The minimum absolute atomic E-state index is 0.359. The molecule has 166 valence electrons. The molecule has 1 fully saturated rings. The van der Waals surface area contributed by atoms with Gasteiger partial charge in [-0.15, -0.1) is 0 Å². The molecule has 0 saturated carbocycles. The van der Waals surface area contributed by atoms with Crippen LogP contribution in [0, 0.1) is 5.92 Å². The van der Waals surface area contributed by atoms with Crippen LogP contribution in [0.3, 0.4) is 0 Å². The van der Waals surface area contributed by atoms with Crippen molar-refractivity contribution in [3.05, 3.63) is 79.1 Å². The number of nitrogens with zero attached hydrogens (tertiary/aromatic N) is 3. The van der Waals surface area contributed by atoms with Gasteiger partial charge in [-0.2, -0.15) is 0 Å². The molecule has 0 spiro atoms. The van der Waals surface area contributed by atoms with E-state index in [1.807, 2.05) is 72.9 Å². The fourth-order valence-electron chi connectivity index (χ4n) is 3.99. The highest BCUT2D eigenvalue weighted by Gasteiger charge is 2.28. The Bertz CT molecular complexity index is 1230. The van der Waals surface area contributed by atoms with Crippen LogP contribution in [-0.2, 0) is 4.79 Å². The molecule has 3 heterocycles. The number of carbonyl (C=O) groups is 1. The molecule has 1 saturated heterocycles. The Morgan fingerprint density at radius 2 is 1.79 bits per heavy atom. The first-order valence-electron chi connectivity index (χ1n) is 10.9. The van der Waals surface area contributed by atoms with Crippen molar-refractivity contribution in [3.8, 4) is 33.2 Å². The fourth-order valence-corrected chi connectivity index (χ4v) is 5.10. The lowest BCUT2D eigenvalue weighted by Crippen LogP contribution is -2.38. The zero-order chi connectivity index (χ0) is 22.6. The lowest BCUT2D eigenvalue weighted by Gasteiger charge is -2.30. The van der Waals surface area contributed by atoms with Crippen molar-refractivity contribution in [2.45, 2.75) is 12.8 Å². The van der Waals surface area contributed by atoms with Gasteiger partial charge in [0.05, 0.1) is 16.5 Å². The van der Waals surface area contributed by atoms with Gasteiger partial charge in [0.25, 0.3) is 0 Å². The number of piperidine rings is 1. The summed E-state index contributed by atoms with van der Waals surface area (Å²) in [7, 11) is 0. The van der Waals surface area contributed by atoms with E-state index in [0.717, 1.165) is 51.3 Å². The van der Waals surface area contributed by atoms with Crippen LogP contribution in [0.15, 0.2) is 79.1 Å². The van der Waals surface area contributed by atoms with Gasteiger partial charge in [0.2, 0.25) is 0 Å². The Morgan fingerprint density at radius 3 is 2.52 bits per heavy atom. The number of anilines is 1. The lowest BCUT2D eigenvalue weighted by atomic mass is 9.99. The number of rotatable bonds is 6. The molecule has 2 aromatic heterocycles. The average Bonchev–Trinajstić information content (AvgIpc) is 3.31. The van der Waals surface area contributed by atoms with E-state index < -0.39 is 5.97 Å². The summed E-state index contributed by atoms with van der Waals surface area (Å²) in [4.78, 5) is 23.9. The molecule has 0 aliphatic carbocycles. The number of hydrogen-bond donors (Lipinski definition) is 1. The Kier molecular flexibility index (Phi) is 6.04. The Hall–Kier alpha value is -3.71. The Labute approximate surface area is 196 Å². The Balaban J connectivity index is 1.47. The summed E-state index contributed by atoms with van der Waals surface area (Å²) in [5, 5.41) is 10.3. The SMILES string of the molecule is O=C(O)C1CCCN(c2nc(-c3ccc(Oc4ccccc4)cc3)c(-c3cccnc3)s2)C1. The lowest BCUT2D eigenvalue weighted by molar-refractivity contribution is -0.141. The monoisotopic (exact) mass is 457 g/mol. The van der Waals surface area contributed by atoms with Gasteiger partial charge in [-0.1, -0.05) is 35.6 Å². The van der Waals surface area contributed by atoms with Gasteiger partial charge in [-0.3, -0.25) is 9.78 Å². The van der Waals surface area contributed by atoms with E-state index in [1.54, 1.807) is 17.5 Å². The van der Waals surface area contributed by atoms with Crippen LogP contribution in [0.2, 0.25) is 0 Å². The smallest absolute Gasteiger partial charge is 0.308 e. The highest BCUT2D eigenvalue weighted by atomic mass is 32.1. The van der Waals surface area contributed by atoms with Crippen molar-refractivity contribution in [1.82, 2.24) is 9.97 Å². The van der Waals surface area contributed by atoms with Gasteiger partial charge in [0.15, 0.2) is 5.13 Å². The molecule has 0 radical (unpaired) electrons. The normalized spacial score (nSPS) is 15.9. The number of carboxylic acids is 1. The number of carboxylic acid groups (broad SMARTS) is 1. The van der Waals surface area contributed by atoms with Gasteiger partial charge in [0.1, 0.15) is 11.5 Å². The summed E-state index contributed by atoms with van der Waals surface area (Å²) in [6, 6.07) is 21.5. The van der Waals surface area contributed by atoms with E-state index in [0.29, 0.717) is 13.0 Å². The summed E-state index contributed by atoms with van der Waals surface area (Å²) in [6.07, 6.45) is 5.15. The molecule has 1 unspecified atom stereocenters. The molecule has 6 nitrogen and oxygen atoms in total. The molecule has 2 aromatic carbocycles. The van der Waals surface area contributed by atoms with Crippen LogP contribution in [0.1, 0.15) is 12.8 Å². The van der Waals surface area contributed by atoms with Crippen LogP contribution in [0.4, 0.5) is 5.13 Å². The molecule has 33 heavy (non-hydrogen) atoms. The van der Waals surface area contributed by atoms with Crippen LogP contribution >= 0.6 is 11.3 Å². The van der Waals surface area contributed by atoms with Crippen LogP contribution in [0.25, 0.3) is 21.7 Å². The number of hydrogen-bond acceptors (Lipinski definition) is 6. The molecule has 1 aliphatic rings. The fraction of sp³-hybridized carbons (Fsp3) is 0.192. The van der Waals surface area contributed by atoms with E-state index in [-0.39, 0.29) is 5.92 Å². The summed E-state index contributed by atoms with van der Waals surface area (Å²) >= 11 is 1.59. The Morgan fingerprint density at radius 1 is 1.00 bits per heavy atom. The third-order valence-corrected chi connectivity index (χ3v) is 6.85. The third-order valence-electron chi connectivity index (χ3n) is 5.69. The van der Waals surface area contributed by atoms with Crippen molar-refractivity contribution < 1.29 is 14.6 Å². The molecule has 0 amide bonds. The molecule has 7 heteroatoms. The van der Waals surface area contributed by atoms with Crippen molar-refractivity contribution >= 4 is 22.4 Å². The summed E-state index contributed by atoms with van der Waals surface area (Å²) in [5.74, 6) is 0.444. The van der Waals surface area contributed by atoms with Crippen molar-refractivity contribution in [1.29, 1.82) is 0 Å². The van der Waals surface area contributed by atoms with E-state index in [2.05, 4.69) is 9.88 Å². The molecule has 0 bridgehead atoms. The minimum Gasteiger partial charge on any atom is -0.481 e. The standard InChI is InChI=1S/C26H23N3O3S/c30-25(31)20-7-5-15-29(17-20)26-28-23(24(33-26)19-6-4-14-27-16-19)18-10-12-22(13-11-18)32-21-8-2-1-3-9-21/h1-4,6,8-14,16,20H,5,7,15,17H2,(H,30,31). The molecule has 1 aliphatic heterocycles. The van der Waals surface area contributed by atoms with Crippen molar-refractivity contribution in [2.24, 2.45) is 5.92 Å². The van der Waals surface area contributed by atoms with E-state index in [4.69, 9.17) is 9.72 Å². The minimum atomic E-state index is -0.738. The molecule has 5 rings (SSSR count). The van der Waals surface area contributed by atoms with E-state index in [1.165, 1.54) is 0 Å². The summed E-state index contributed by atoms with van der Waals surface area (Å²) in [6.45, 7) is 1.30. The van der Waals surface area contributed by atoms with Gasteiger partial charge in [-0.25, -0.2) is 4.98 Å². The van der Waals surface area contributed by atoms with E-state index >= 15 is 0 Å². The van der Waals surface area contributed by atoms with Crippen LogP contribution < -0.4 is 9.64 Å². The van der Waals surface area contributed by atoms with Gasteiger partial charge >= 0.3 is 5.97 Å². The quantitative estimate of drug-likeness (QED) is 0.385. The third kappa shape index (κ3) is 4.73. The zero-order valence-corrected chi connectivity index (χ0v) is 18.7. The summed E-state index contributed by atoms with van der Waals surface area (Å²) in [5.41, 5.74) is 2.84. The number of ether oxygens (including phenoxy) is 1. The van der Waals surface area contributed by atoms with Gasteiger partial charge in [0, 0.05) is 36.6 Å². The molecular weight excluding hydrogens is 434 g/mol. The van der Waals surface area contributed by atoms with E-state index in [9.17, 15) is 9.90 Å². The molecule has 4 aromatic rings. The molecule has 1 atom stereocenters. The second-order valence-corrected chi connectivity index (χ2v) is 8.96. The maximum Gasteiger partial charge on any atom is 0.308 e. The predicted octanol–water partition coefficient (Wildman–Crippen LogP) is 5.97. The zero-order valence-electron chi connectivity index (χ0n) is 17.9. The first-order valence-corrected chi connectivity index (χ1v) is 11.7. The highest BCUT2D eigenvalue weighted by Crippen LogP contribution is 2.41. The number of thiazole rings is 1. The maximum absolute atomic E-state index is 11.5. The number of aromatic nitrogens is 2. The maximum atomic E-state index is 11.5. The van der Waals surface area contributed by atoms with Gasteiger partial charge in [-0.05, 0) is 55.3 Å². The second kappa shape index (κ2) is 9.42. The molecular formula is C26H23N3O3S. The number of benzene rings is 2. The first-order chi connectivity index (χ1) is 16.2. The number of aliphatic carboxylic acids is 1. The highest BCUT2D eigenvalue weighted by molar-refractivity contribution is 7.19. The topological polar surface area (TPSA) is 75.5 Å². The number of para-hydroxylation sites is 1. The number of pyridine rings is 1. The predicted molar refractivity (Wildman–Crippen MR) is 130 cm³/mol. The van der Waals surface area contributed by atoms with Crippen LogP contribution in [0.5, 0.6) is 11.5 Å². The average molecular weight is 458 g/mol. The van der Waals surface area contributed by atoms with Crippen molar-refractivity contribution in [2.75, 3.05) is 18.0 Å². The summed E-state index contributed by atoms with van der Waals surface area (Å²) < 4.78 is 5.93.